The van der Waals surface area contributed by atoms with Crippen LogP contribution in [-0.2, 0) is 0 Å². The van der Waals surface area contributed by atoms with Gasteiger partial charge < -0.3 is 0 Å². The summed E-state index contributed by atoms with van der Waals surface area (Å²) in [5, 5.41) is 0. The Bertz CT molecular complexity index is 123. The van der Waals surface area contributed by atoms with Gasteiger partial charge in [0.15, 0.2) is 0 Å². The van der Waals surface area contributed by atoms with Gasteiger partial charge in [-0.25, -0.2) is 0 Å². The van der Waals surface area contributed by atoms with Crippen molar-refractivity contribution in [2.45, 2.75) is 6.92 Å². The van der Waals surface area contributed by atoms with Crippen molar-refractivity contribution in [3.8, 4) is 0 Å². The quantitative estimate of drug-likeness (QED) is 0.399. The molecule has 52 valence electrons. The van der Waals surface area contributed by atoms with Crippen molar-refractivity contribution in [3.05, 3.63) is 24.9 Å². The van der Waals surface area contributed by atoms with Crippen LogP contribution in [0.4, 0.5) is 0 Å². The Balaban J connectivity index is 4.00. The molecule has 0 rings (SSSR count). The lowest BCUT2D eigenvalue weighted by molar-refractivity contribution is -0.845. The molecule has 0 heterocycles. The van der Waals surface area contributed by atoms with Crippen molar-refractivity contribution in [1.29, 1.82) is 0 Å². The zero-order valence-corrected chi connectivity index (χ0v) is 6.65. The number of hydrogen-bond acceptors (Lipinski definition) is 0. The fraction of sp³-hybridized carbons (Fsp3) is 0.500. The van der Waals surface area contributed by atoms with Crippen LogP contribution in [0.1, 0.15) is 6.92 Å². The summed E-state index contributed by atoms with van der Waals surface area (Å²) >= 11 is 0. The minimum Gasteiger partial charge on any atom is -0.297 e. The average Bonchev–Trinajstić information content (AvgIpc) is 1.65. The molecular weight excluding hydrogens is 110 g/mol. The molecule has 0 atom stereocenters. The zero-order chi connectivity index (χ0) is 7.49. The van der Waals surface area contributed by atoms with E-state index in [0.29, 0.717) is 0 Å². The van der Waals surface area contributed by atoms with Gasteiger partial charge in [0, 0.05) is 6.92 Å². The molecule has 0 aromatic heterocycles. The van der Waals surface area contributed by atoms with Gasteiger partial charge in [0.05, 0.1) is 19.8 Å². The van der Waals surface area contributed by atoms with E-state index in [9.17, 15) is 0 Å². The van der Waals surface area contributed by atoms with Gasteiger partial charge in [-0.3, -0.25) is 4.48 Å². The molecule has 0 radical (unpaired) electrons. The van der Waals surface area contributed by atoms with Gasteiger partial charge in [-0.15, -0.1) is 0 Å². The number of allylic oxidation sites excluding steroid dienone is 1. The number of nitrogens with zero attached hydrogens (tertiary/aromatic N) is 1. The SMILES string of the molecule is C=CC[N+](C)(C)C(=C)C. The van der Waals surface area contributed by atoms with Crippen LogP contribution >= 0.6 is 0 Å². The third kappa shape index (κ3) is 2.47. The lowest BCUT2D eigenvalue weighted by Gasteiger charge is -2.27. The fourth-order valence-electron chi connectivity index (χ4n) is 0.479. The molecule has 0 bridgehead atoms. The van der Waals surface area contributed by atoms with Gasteiger partial charge in [-0.2, -0.15) is 0 Å². The van der Waals surface area contributed by atoms with E-state index >= 15 is 0 Å². The first-order chi connectivity index (χ1) is 4.00. The summed E-state index contributed by atoms with van der Waals surface area (Å²) in [6.45, 7) is 10.5. The zero-order valence-electron chi connectivity index (χ0n) is 6.65. The molecule has 0 saturated heterocycles. The van der Waals surface area contributed by atoms with Gasteiger partial charge in [0.1, 0.15) is 6.54 Å². The number of likely N-dealkylation sites (N-methyl/N-ethyl adjacent to an activating group) is 1. The van der Waals surface area contributed by atoms with Gasteiger partial charge in [0.25, 0.3) is 0 Å². The topological polar surface area (TPSA) is 0 Å². The van der Waals surface area contributed by atoms with Crippen LogP contribution in [0, 0.1) is 0 Å². The second-order valence-electron chi connectivity index (χ2n) is 2.89. The maximum Gasteiger partial charge on any atom is 0.101 e. The molecule has 0 aliphatic carbocycles. The summed E-state index contributed by atoms with van der Waals surface area (Å²) in [4.78, 5) is 0. The summed E-state index contributed by atoms with van der Waals surface area (Å²) in [6.07, 6.45) is 1.91. The number of hydrogen-bond donors (Lipinski definition) is 0. The summed E-state index contributed by atoms with van der Waals surface area (Å²) in [5.41, 5.74) is 1.16. The van der Waals surface area contributed by atoms with Gasteiger partial charge >= 0.3 is 0 Å². The average molecular weight is 126 g/mol. The molecule has 0 saturated carbocycles. The maximum atomic E-state index is 3.87. The first kappa shape index (κ1) is 8.44. The Morgan fingerprint density at radius 3 is 2.11 bits per heavy atom. The van der Waals surface area contributed by atoms with E-state index in [4.69, 9.17) is 0 Å². The largest absolute Gasteiger partial charge is 0.297 e. The second kappa shape index (κ2) is 2.83. The van der Waals surface area contributed by atoms with E-state index in [1.165, 1.54) is 0 Å². The Labute approximate surface area is 57.9 Å². The monoisotopic (exact) mass is 126 g/mol. The maximum absolute atomic E-state index is 3.87. The first-order valence-corrected chi connectivity index (χ1v) is 3.10. The minimum absolute atomic E-state index is 0.837. The highest BCUT2D eigenvalue weighted by Gasteiger charge is 2.12. The molecule has 1 heteroatoms. The molecule has 0 aromatic carbocycles. The van der Waals surface area contributed by atoms with Crippen LogP contribution < -0.4 is 0 Å². The van der Waals surface area contributed by atoms with Crippen LogP contribution in [0.15, 0.2) is 24.9 Å². The molecule has 1 nitrogen and oxygen atoms in total. The second-order valence-corrected chi connectivity index (χ2v) is 2.89. The third-order valence-electron chi connectivity index (χ3n) is 1.62. The van der Waals surface area contributed by atoms with E-state index in [2.05, 4.69) is 27.3 Å². The van der Waals surface area contributed by atoms with E-state index in [-0.39, 0.29) is 0 Å². The van der Waals surface area contributed by atoms with Crippen LogP contribution in [0.2, 0.25) is 0 Å². The van der Waals surface area contributed by atoms with Crippen LogP contribution in [0.25, 0.3) is 0 Å². The Hall–Kier alpha value is -0.560. The van der Waals surface area contributed by atoms with Gasteiger partial charge in [0.2, 0.25) is 0 Å². The third-order valence-corrected chi connectivity index (χ3v) is 1.62. The number of quaternary nitrogens is 1. The molecule has 0 fully saturated rings. The molecule has 0 amide bonds. The van der Waals surface area contributed by atoms with Crippen molar-refractivity contribution in [1.82, 2.24) is 0 Å². The Morgan fingerprint density at radius 1 is 1.56 bits per heavy atom. The minimum atomic E-state index is 0.837. The predicted molar refractivity (Wildman–Crippen MR) is 42.0 cm³/mol. The van der Waals surface area contributed by atoms with Crippen molar-refractivity contribution in [3.63, 3.8) is 0 Å². The van der Waals surface area contributed by atoms with E-state index in [1.54, 1.807) is 0 Å². The molecule has 0 spiro atoms. The van der Waals surface area contributed by atoms with Crippen molar-refractivity contribution in [2.24, 2.45) is 0 Å². The Morgan fingerprint density at radius 2 is 2.00 bits per heavy atom. The highest BCUT2D eigenvalue weighted by molar-refractivity contribution is 4.78. The van der Waals surface area contributed by atoms with E-state index in [0.717, 1.165) is 16.7 Å². The normalized spacial score (nSPS) is 11.0. The number of rotatable bonds is 3. The Kier molecular flexibility index (Phi) is 2.65. The smallest absolute Gasteiger partial charge is 0.101 e. The summed E-state index contributed by atoms with van der Waals surface area (Å²) < 4.78 is 0.837. The van der Waals surface area contributed by atoms with Gasteiger partial charge in [-0.1, -0.05) is 6.58 Å². The molecular formula is C8H16N+. The van der Waals surface area contributed by atoms with Crippen LogP contribution in [-0.4, -0.2) is 25.1 Å². The highest BCUT2D eigenvalue weighted by atomic mass is 15.3. The lowest BCUT2D eigenvalue weighted by Crippen LogP contribution is -2.36. The van der Waals surface area contributed by atoms with Crippen LogP contribution in [0.3, 0.4) is 0 Å². The van der Waals surface area contributed by atoms with E-state index < -0.39 is 0 Å². The molecule has 0 aromatic rings. The predicted octanol–water partition coefficient (Wildman–Crippen LogP) is 1.78. The molecule has 0 aliphatic heterocycles. The van der Waals surface area contributed by atoms with Crippen LogP contribution in [0.5, 0.6) is 0 Å². The molecule has 0 unspecified atom stereocenters. The van der Waals surface area contributed by atoms with Crippen molar-refractivity contribution in [2.75, 3.05) is 20.6 Å². The lowest BCUT2D eigenvalue weighted by atomic mass is 10.4. The summed E-state index contributed by atoms with van der Waals surface area (Å²) in [6, 6.07) is 0. The van der Waals surface area contributed by atoms with Gasteiger partial charge in [-0.05, 0) is 12.7 Å². The highest BCUT2D eigenvalue weighted by Crippen LogP contribution is 2.06. The first-order valence-electron chi connectivity index (χ1n) is 3.10. The standard InChI is InChI=1S/C8H16N/c1-6-7-9(4,5)8(2)3/h6H,1-2,7H2,3-5H3/q+1. The van der Waals surface area contributed by atoms with Crippen molar-refractivity contribution >= 4 is 0 Å². The molecule has 0 N–H and O–H groups in total. The van der Waals surface area contributed by atoms with E-state index in [1.807, 2.05) is 13.0 Å². The summed E-state index contributed by atoms with van der Waals surface area (Å²) in [7, 11) is 4.23. The van der Waals surface area contributed by atoms with Crippen molar-refractivity contribution < 1.29 is 4.48 Å². The molecule has 9 heavy (non-hydrogen) atoms. The summed E-state index contributed by atoms with van der Waals surface area (Å²) in [5.74, 6) is 0. The fourth-order valence-corrected chi connectivity index (χ4v) is 0.479. The molecule has 0 aliphatic rings.